The van der Waals surface area contributed by atoms with E-state index in [9.17, 15) is 0 Å². The van der Waals surface area contributed by atoms with E-state index >= 15 is 0 Å². The molecule has 96 valence electrons. The van der Waals surface area contributed by atoms with Crippen molar-refractivity contribution in [3.63, 3.8) is 0 Å². The second kappa shape index (κ2) is 4.30. The van der Waals surface area contributed by atoms with Crippen LogP contribution in [0.2, 0.25) is 0 Å². The maximum atomic E-state index is 2.47. The Morgan fingerprint density at radius 3 is 1.71 bits per heavy atom. The van der Waals surface area contributed by atoms with Gasteiger partial charge in [0.05, 0.1) is 0 Å². The summed E-state index contributed by atoms with van der Waals surface area (Å²) in [4.78, 5) is 0. The van der Waals surface area contributed by atoms with Gasteiger partial charge in [0.2, 0.25) is 0 Å². The number of hydrogen-bond acceptors (Lipinski definition) is 0. The average molecular weight is 232 g/mol. The van der Waals surface area contributed by atoms with Gasteiger partial charge in [-0.15, -0.1) is 0 Å². The van der Waals surface area contributed by atoms with E-state index in [1.54, 1.807) is 22.3 Å². The van der Waals surface area contributed by atoms with Crippen molar-refractivity contribution in [1.29, 1.82) is 0 Å². The third-order valence-corrected chi connectivity index (χ3v) is 6.14. The van der Waals surface area contributed by atoms with Gasteiger partial charge in [-0.25, -0.2) is 0 Å². The topological polar surface area (TPSA) is 0 Å². The van der Waals surface area contributed by atoms with Crippen LogP contribution in [0.4, 0.5) is 0 Å². The first-order valence-corrected chi connectivity index (χ1v) is 7.26. The highest BCUT2D eigenvalue weighted by Crippen LogP contribution is 2.56. The average Bonchev–Trinajstić information content (AvgIpc) is 2.57. The summed E-state index contributed by atoms with van der Waals surface area (Å²) >= 11 is 0. The Bertz CT molecular complexity index is 383. The highest BCUT2D eigenvalue weighted by Gasteiger charge is 2.48. The summed E-state index contributed by atoms with van der Waals surface area (Å²) in [6.07, 6.45) is 1.34. The monoisotopic (exact) mass is 232 g/mol. The number of allylic oxidation sites excluding steroid dienone is 4. The lowest BCUT2D eigenvalue weighted by atomic mass is 9.70. The highest BCUT2D eigenvalue weighted by molar-refractivity contribution is 5.43. The number of rotatable bonds is 1. The summed E-state index contributed by atoms with van der Waals surface area (Å²) in [7, 11) is 0. The molecule has 5 atom stereocenters. The lowest BCUT2D eigenvalue weighted by Gasteiger charge is -2.35. The number of hydrogen-bond donors (Lipinski definition) is 0. The fourth-order valence-corrected chi connectivity index (χ4v) is 4.61. The van der Waals surface area contributed by atoms with Gasteiger partial charge in [0, 0.05) is 0 Å². The first kappa shape index (κ1) is 12.9. The third kappa shape index (κ3) is 1.63. The van der Waals surface area contributed by atoms with Crippen LogP contribution < -0.4 is 0 Å². The molecular weight excluding hydrogens is 204 g/mol. The summed E-state index contributed by atoms with van der Waals surface area (Å²) in [6.45, 7) is 16.7. The van der Waals surface area contributed by atoms with Crippen molar-refractivity contribution in [3.05, 3.63) is 22.3 Å². The van der Waals surface area contributed by atoms with Crippen molar-refractivity contribution in [2.75, 3.05) is 0 Å². The molecule has 1 fully saturated rings. The van der Waals surface area contributed by atoms with E-state index in [-0.39, 0.29) is 0 Å². The first-order chi connectivity index (χ1) is 7.91. The van der Waals surface area contributed by atoms with Gasteiger partial charge in [-0.3, -0.25) is 0 Å². The molecule has 0 aromatic rings. The second-order valence-electron chi connectivity index (χ2n) is 6.46. The zero-order chi connectivity index (χ0) is 12.9. The zero-order valence-electron chi connectivity index (χ0n) is 12.6. The molecule has 0 spiro atoms. The molecule has 0 N–H and O–H groups in total. The Morgan fingerprint density at radius 1 is 0.765 bits per heavy atom. The molecule has 1 saturated carbocycles. The summed E-state index contributed by atoms with van der Waals surface area (Å²) in [6, 6.07) is 0. The highest BCUT2D eigenvalue weighted by atomic mass is 14.5. The Hall–Kier alpha value is -0.520. The predicted octanol–water partition coefficient (Wildman–Crippen LogP) is 5.22. The van der Waals surface area contributed by atoms with Crippen LogP contribution >= 0.6 is 0 Å². The van der Waals surface area contributed by atoms with Crippen molar-refractivity contribution >= 4 is 0 Å². The minimum atomic E-state index is 0.818. The molecule has 2 aliphatic rings. The van der Waals surface area contributed by atoms with E-state index in [1.165, 1.54) is 6.42 Å². The van der Waals surface area contributed by atoms with Gasteiger partial charge >= 0.3 is 0 Å². The molecule has 0 aliphatic heterocycles. The largest absolute Gasteiger partial charge is 0.0661 e. The van der Waals surface area contributed by atoms with Crippen molar-refractivity contribution in [3.8, 4) is 0 Å². The lowest BCUT2D eigenvalue weighted by molar-refractivity contribution is 0.320. The molecule has 0 aromatic heterocycles. The van der Waals surface area contributed by atoms with Crippen LogP contribution in [0.15, 0.2) is 22.3 Å². The van der Waals surface area contributed by atoms with E-state index < -0.39 is 0 Å². The fraction of sp³-hybridized carbons (Fsp3) is 0.765. The summed E-state index contributed by atoms with van der Waals surface area (Å²) in [5, 5.41) is 0. The van der Waals surface area contributed by atoms with E-state index in [1.807, 2.05) is 0 Å². The Labute approximate surface area is 107 Å². The van der Waals surface area contributed by atoms with Gasteiger partial charge in [-0.05, 0) is 68.4 Å². The Morgan fingerprint density at radius 2 is 1.24 bits per heavy atom. The zero-order valence-corrected chi connectivity index (χ0v) is 12.6. The quantitative estimate of drug-likeness (QED) is 0.581. The molecule has 0 saturated heterocycles. The summed E-state index contributed by atoms with van der Waals surface area (Å²) in [5.41, 5.74) is 6.50. The third-order valence-electron chi connectivity index (χ3n) is 6.14. The van der Waals surface area contributed by atoms with Crippen molar-refractivity contribution in [2.45, 2.75) is 54.9 Å². The SMILES string of the molecule is CCC1C(C)C(C)C2C(C)=C(C)C(C)=C(C)C12. The maximum absolute atomic E-state index is 2.47. The Kier molecular flexibility index (Phi) is 3.27. The van der Waals surface area contributed by atoms with Gasteiger partial charge in [0.15, 0.2) is 0 Å². The van der Waals surface area contributed by atoms with Gasteiger partial charge in [0.1, 0.15) is 0 Å². The summed E-state index contributed by atoms with van der Waals surface area (Å²) in [5.74, 6) is 4.27. The number of fused-ring (bicyclic) bond motifs is 1. The van der Waals surface area contributed by atoms with Crippen LogP contribution in [0, 0.1) is 29.6 Å². The molecule has 5 unspecified atom stereocenters. The standard InChI is InChI=1S/C17H28/c1-8-15-11(4)14(7)16-12(5)9(2)10(3)13(6)17(15)16/h11,14-17H,8H2,1-7H3. The molecule has 2 aliphatic carbocycles. The van der Waals surface area contributed by atoms with Crippen LogP contribution in [0.5, 0.6) is 0 Å². The van der Waals surface area contributed by atoms with E-state index in [4.69, 9.17) is 0 Å². The smallest absolute Gasteiger partial charge is 0.0101 e. The van der Waals surface area contributed by atoms with Gasteiger partial charge in [-0.1, -0.05) is 38.3 Å². The Balaban J connectivity index is 2.52. The molecule has 0 heterocycles. The van der Waals surface area contributed by atoms with Crippen LogP contribution in [-0.2, 0) is 0 Å². The molecule has 0 radical (unpaired) electrons. The van der Waals surface area contributed by atoms with Gasteiger partial charge < -0.3 is 0 Å². The van der Waals surface area contributed by atoms with E-state index in [0.717, 1.165) is 29.6 Å². The van der Waals surface area contributed by atoms with Crippen LogP contribution in [0.3, 0.4) is 0 Å². The minimum absolute atomic E-state index is 0.818. The van der Waals surface area contributed by atoms with Crippen LogP contribution in [0.25, 0.3) is 0 Å². The molecule has 0 amide bonds. The van der Waals surface area contributed by atoms with E-state index in [0.29, 0.717) is 0 Å². The predicted molar refractivity (Wildman–Crippen MR) is 75.8 cm³/mol. The normalized spacial score (nSPS) is 42.2. The molecule has 0 aromatic carbocycles. The van der Waals surface area contributed by atoms with Gasteiger partial charge in [-0.2, -0.15) is 0 Å². The molecule has 17 heavy (non-hydrogen) atoms. The van der Waals surface area contributed by atoms with Crippen molar-refractivity contribution in [2.24, 2.45) is 29.6 Å². The van der Waals surface area contributed by atoms with Crippen molar-refractivity contribution in [1.82, 2.24) is 0 Å². The van der Waals surface area contributed by atoms with Gasteiger partial charge in [0.25, 0.3) is 0 Å². The molecule has 0 heteroatoms. The fourth-order valence-electron chi connectivity index (χ4n) is 4.61. The minimum Gasteiger partial charge on any atom is -0.0661 e. The molecule has 0 nitrogen and oxygen atoms in total. The molecule has 0 bridgehead atoms. The maximum Gasteiger partial charge on any atom is -0.0101 e. The van der Waals surface area contributed by atoms with E-state index in [2.05, 4.69) is 48.5 Å². The van der Waals surface area contributed by atoms with Crippen molar-refractivity contribution < 1.29 is 0 Å². The lowest BCUT2D eigenvalue weighted by Crippen LogP contribution is -2.24. The summed E-state index contributed by atoms with van der Waals surface area (Å²) < 4.78 is 0. The first-order valence-electron chi connectivity index (χ1n) is 7.26. The van der Waals surface area contributed by atoms with Crippen LogP contribution in [-0.4, -0.2) is 0 Å². The molecule has 2 rings (SSSR count). The molecular formula is C17H28. The second-order valence-corrected chi connectivity index (χ2v) is 6.46. The van der Waals surface area contributed by atoms with Crippen LogP contribution in [0.1, 0.15) is 54.9 Å².